The number of carbonyl (C=O) groups excluding carboxylic acids is 1. The van der Waals surface area contributed by atoms with E-state index in [-0.39, 0.29) is 16.8 Å². The van der Waals surface area contributed by atoms with Gasteiger partial charge in [0.15, 0.2) is 0 Å². The molecule has 1 atom stereocenters. The number of nitrogens with zero attached hydrogens (tertiary/aromatic N) is 2. The number of rotatable bonds is 8. The average Bonchev–Trinajstić information content (AvgIpc) is 3.05. The van der Waals surface area contributed by atoms with Crippen LogP contribution in [0.2, 0.25) is 0 Å². The van der Waals surface area contributed by atoms with E-state index in [0.29, 0.717) is 18.5 Å². The quantitative estimate of drug-likeness (QED) is 0.561. The van der Waals surface area contributed by atoms with E-state index in [1.165, 1.54) is 24.3 Å². The van der Waals surface area contributed by atoms with E-state index in [0.717, 1.165) is 22.6 Å². The van der Waals surface area contributed by atoms with Gasteiger partial charge in [0.1, 0.15) is 0 Å². The van der Waals surface area contributed by atoms with Crippen LogP contribution in [-0.4, -0.2) is 30.1 Å². The van der Waals surface area contributed by atoms with Gasteiger partial charge in [-0.2, -0.15) is 5.10 Å². The van der Waals surface area contributed by atoms with Crippen molar-refractivity contribution in [3.63, 3.8) is 0 Å². The Morgan fingerprint density at radius 2 is 1.71 bits per heavy atom. The Morgan fingerprint density at radius 1 is 1.06 bits per heavy atom. The number of para-hydroxylation sites is 1. The third-order valence-electron chi connectivity index (χ3n) is 5.26. The molecule has 164 valence electrons. The molecule has 1 heterocycles. The molecule has 0 spiro atoms. The second-order valence-electron chi connectivity index (χ2n) is 7.53. The van der Waals surface area contributed by atoms with E-state index in [2.05, 4.69) is 15.1 Å². The van der Waals surface area contributed by atoms with Crippen molar-refractivity contribution in [1.82, 2.24) is 19.8 Å². The number of hydrogen-bond acceptors (Lipinski definition) is 4. The number of aryl methyl sites for hydroxylation is 1. The first-order valence-corrected chi connectivity index (χ1v) is 11.7. The molecule has 0 radical (unpaired) electrons. The van der Waals surface area contributed by atoms with Crippen LogP contribution >= 0.6 is 0 Å². The van der Waals surface area contributed by atoms with Gasteiger partial charge in [-0.3, -0.25) is 4.79 Å². The monoisotopic (exact) mass is 440 g/mol. The molecule has 3 aromatic rings. The van der Waals surface area contributed by atoms with E-state index in [4.69, 9.17) is 0 Å². The van der Waals surface area contributed by atoms with Crippen LogP contribution < -0.4 is 10.0 Å². The second-order valence-corrected chi connectivity index (χ2v) is 9.25. The van der Waals surface area contributed by atoms with Crippen molar-refractivity contribution >= 4 is 15.9 Å². The SMILES string of the molecule is CCC(C)NS(=O)(=O)c1ccc(C(=O)NCc2c(C)nn(-c3ccccc3)c2C)cc1. The fourth-order valence-electron chi connectivity index (χ4n) is 3.22. The van der Waals surface area contributed by atoms with Crippen LogP contribution in [0.15, 0.2) is 59.5 Å². The highest BCUT2D eigenvalue weighted by Crippen LogP contribution is 2.18. The van der Waals surface area contributed by atoms with Crippen LogP contribution in [0.25, 0.3) is 5.69 Å². The molecule has 2 aromatic carbocycles. The van der Waals surface area contributed by atoms with E-state index in [1.54, 1.807) is 0 Å². The summed E-state index contributed by atoms with van der Waals surface area (Å²) in [5.74, 6) is -0.273. The van der Waals surface area contributed by atoms with Crippen molar-refractivity contribution in [1.29, 1.82) is 0 Å². The molecule has 0 saturated carbocycles. The van der Waals surface area contributed by atoms with Crippen molar-refractivity contribution in [2.45, 2.75) is 51.6 Å². The van der Waals surface area contributed by atoms with Crippen molar-refractivity contribution in [3.8, 4) is 5.69 Å². The van der Waals surface area contributed by atoms with Crippen molar-refractivity contribution in [2.75, 3.05) is 0 Å². The maximum absolute atomic E-state index is 12.6. The van der Waals surface area contributed by atoms with Gasteiger partial charge in [0, 0.05) is 29.4 Å². The molecule has 1 aromatic heterocycles. The summed E-state index contributed by atoms with van der Waals surface area (Å²) in [5.41, 5.74) is 4.12. The molecule has 0 aliphatic rings. The molecule has 3 rings (SSSR count). The summed E-state index contributed by atoms with van der Waals surface area (Å²) in [7, 11) is -3.60. The van der Waals surface area contributed by atoms with Crippen molar-refractivity contribution in [2.24, 2.45) is 0 Å². The fraction of sp³-hybridized carbons (Fsp3) is 0.304. The zero-order chi connectivity index (χ0) is 22.6. The van der Waals surface area contributed by atoms with Crippen LogP contribution in [0, 0.1) is 13.8 Å². The zero-order valence-electron chi connectivity index (χ0n) is 18.2. The predicted octanol–water partition coefficient (Wildman–Crippen LogP) is 3.50. The normalized spacial score (nSPS) is 12.5. The number of sulfonamides is 1. The summed E-state index contributed by atoms with van der Waals surface area (Å²) in [6.45, 7) is 7.94. The average molecular weight is 441 g/mol. The van der Waals surface area contributed by atoms with Crippen LogP contribution in [0.1, 0.15) is 47.6 Å². The lowest BCUT2D eigenvalue weighted by Gasteiger charge is -2.12. The largest absolute Gasteiger partial charge is 0.348 e. The standard InChI is InChI=1S/C23H28N4O3S/c1-5-16(2)26-31(29,30)21-13-11-19(12-14-21)23(28)24-15-22-17(3)25-27(18(22)4)20-9-7-6-8-10-20/h6-14,16,26H,5,15H2,1-4H3,(H,24,28). The van der Waals surface area contributed by atoms with Gasteiger partial charge >= 0.3 is 0 Å². The summed E-state index contributed by atoms with van der Waals surface area (Å²) in [6, 6.07) is 15.6. The predicted molar refractivity (Wildman–Crippen MR) is 121 cm³/mol. The number of benzene rings is 2. The van der Waals surface area contributed by atoms with Gasteiger partial charge in [-0.15, -0.1) is 0 Å². The molecule has 1 amide bonds. The van der Waals surface area contributed by atoms with E-state index in [1.807, 2.05) is 62.7 Å². The molecule has 1 unspecified atom stereocenters. The molecule has 2 N–H and O–H groups in total. The highest BCUT2D eigenvalue weighted by atomic mass is 32.2. The first kappa shape index (κ1) is 22.7. The summed E-state index contributed by atoms with van der Waals surface area (Å²) >= 11 is 0. The summed E-state index contributed by atoms with van der Waals surface area (Å²) < 4.78 is 29.2. The molecule has 31 heavy (non-hydrogen) atoms. The first-order chi connectivity index (χ1) is 14.7. The third kappa shape index (κ3) is 5.21. The Balaban J connectivity index is 1.70. The fourth-order valence-corrected chi connectivity index (χ4v) is 4.55. The van der Waals surface area contributed by atoms with E-state index in [9.17, 15) is 13.2 Å². The van der Waals surface area contributed by atoms with Crippen LogP contribution in [0.3, 0.4) is 0 Å². The van der Waals surface area contributed by atoms with Crippen LogP contribution in [0.4, 0.5) is 0 Å². The van der Waals surface area contributed by atoms with Gasteiger partial charge in [0.2, 0.25) is 10.0 Å². The van der Waals surface area contributed by atoms with E-state index < -0.39 is 10.0 Å². The van der Waals surface area contributed by atoms with Crippen LogP contribution in [0.5, 0.6) is 0 Å². The smallest absolute Gasteiger partial charge is 0.251 e. The molecule has 0 aliphatic carbocycles. The van der Waals surface area contributed by atoms with Crippen molar-refractivity contribution in [3.05, 3.63) is 77.1 Å². The highest BCUT2D eigenvalue weighted by molar-refractivity contribution is 7.89. The van der Waals surface area contributed by atoms with Gasteiger partial charge in [-0.1, -0.05) is 25.1 Å². The number of hydrogen-bond donors (Lipinski definition) is 2. The summed E-state index contributed by atoms with van der Waals surface area (Å²) in [5, 5.41) is 7.50. The molecular formula is C23H28N4O3S. The second kappa shape index (κ2) is 9.45. The maximum Gasteiger partial charge on any atom is 0.251 e. The first-order valence-electron chi connectivity index (χ1n) is 10.2. The van der Waals surface area contributed by atoms with Gasteiger partial charge < -0.3 is 5.32 Å². The lowest BCUT2D eigenvalue weighted by Crippen LogP contribution is -2.32. The number of aromatic nitrogens is 2. The van der Waals surface area contributed by atoms with Gasteiger partial charge in [-0.05, 0) is 63.6 Å². The zero-order valence-corrected chi connectivity index (χ0v) is 19.0. The molecule has 0 bridgehead atoms. The van der Waals surface area contributed by atoms with Gasteiger partial charge in [0.05, 0.1) is 16.3 Å². The minimum atomic E-state index is -3.60. The number of carbonyl (C=O) groups is 1. The Kier molecular flexibility index (Phi) is 6.92. The third-order valence-corrected chi connectivity index (χ3v) is 6.87. The van der Waals surface area contributed by atoms with E-state index >= 15 is 0 Å². The summed E-state index contributed by atoms with van der Waals surface area (Å²) in [4.78, 5) is 12.7. The number of amides is 1. The highest BCUT2D eigenvalue weighted by Gasteiger charge is 2.18. The topological polar surface area (TPSA) is 93.1 Å². The minimum Gasteiger partial charge on any atom is -0.348 e. The Hall–Kier alpha value is -2.97. The Morgan fingerprint density at radius 3 is 2.32 bits per heavy atom. The summed E-state index contributed by atoms with van der Waals surface area (Å²) in [6.07, 6.45) is 0.694. The molecular weight excluding hydrogens is 412 g/mol. The molecule has 0 fully saturated rings. The number of nitrogens with one attached hydrogen (secondary N) is 2. The molecule has 0 aliphatic heterocycles. The molecule has 7 nitrogen and oxygen atoms in total. The van der Waals surface area contributed by atoms with Crippen LogP contribution in [-0.2, 0) is 16.6 Å². The minimum absolute atomic E-state index is 0.139. The molecule has 0 saturated heterocycles. The Labute approximate surface area is 183 Å². The van der Waals surface area contributed by atoms with Crippen molar-refractivity contribution < 1.29 is 13.2 Å². The molecule has 8 heteroatoms. The van der Waals surface area contributed by atoms with Gasteiger partial charge in [-0.25, -0.2) is 17.8 Å². The van der Waals surface area contributed by atoms with Gasteiger partial charge in [0.25, 0.3) is 5.91 Å². The Bertz CT molecular complexity index is 1150. The lowest BCUT2D eigenvalue weighted by molar-refractivity contribution is 0.0950. The maximum atomic E-state index is 12.6. The lowest BCUT2D eigenvalue weighted by atomic mass is 10.1.